The van der Waals surface area contributed by atoms with Crippen LogP contribution in [0.2, 0.25) is 0 Å². The molecular formula is C15H22N2O3. The third-order valence-corrected chi connectivity index (χ3v) is 3.68. The number of rotatable bonds is 4. The zero-order valence-corrected chi connectivity index (χ0v) is 12.3. The van der Waals surface area contributed by atoms with Gasteiger partial charge < -0.3 is 19.7 Å². The van der Waals surface area contributed by atoms with E-state index in [0.717, 1.165) is 25.2 Å². The molecule has 1 aromatic carbocycles. The fourth-order valence-electron chi connectivity index (χ4n) is 2.57. The van der Waals surface area contributed by atoms with Gasteiger partial charge in [0.2, 0.25) is 5.91 Å². The maximum atomic E-state index is 12.5. The van der Waals surface area contributed by atoms with Crippen molar-refractivity contribution < 1.29 is 14.3 Å². The van der Waals surface area contributed by atoms with Gasteiger partial charge in [-0.1, -0.05) is 6.07 Å². The van der Waals surface area contributed by atoms with Gasteiger partial charge in [0.05, 0.1) is 20.6 Å². The van der Waals surface area contributed by atoms with Gasteiger partial charge in [0.25, 0.3) is 0 Å². The number of amides is 1. The molecule has 0 bridgehead atoms. The number of nitrogens with zero attached hydrogens (tertiary/aromatic N) is 1. The number of methoxy groups -OCH3 is 2. The van der Waals surface area contributed by atoms with Crippen molar-refractivity contribution >= 4 is 5.91 Å². The average molecular weight is 278 g/mol. The predicted molar refractivity (Wildman–Crippen MR) is 77.3 cm³/mol. The minimum absolute atomic E-state index is 0.113. The van der Waals surface area contributed by atoms with Gasteiger partial charge in [0, 0.05) is 31.2 Å². The van der Waals surface area contributed by atoms with E-state index in [2.05, 4.69) is 12.2 Å². The molecule has 1 heterocycles. The van der Waals surface area contributed by atoms with Gasteiger partial charge in [-0.25, -0.2) is 0 Å². The van der Waals surface area contributed by atoms with E-state index in [1.54, 1.807) is 14.2 Å². The smallest absolute Gasteiger partial charge is 0.227 e. The van der Waals surface area contributed by atoms with E-state index in [4.69, 9.17) is 9.47 Å². The van der Waals surface area contributed by atoms with E-state index >= 15 is 0 Å². The molecule has 1 saturated heterocycles. The summed E-state index contributed by atoms with van der Waals surface area (Å²) in [5.74, 6) is 1.50. The number of benzene rings is 1. The second-order valence-electron chi connectivity index (χ2n) is 4.96. The molecule has 0 aliphatic carbocycles. The lowest BCUT2D eigenvalue weighted by Gasteiger charge is -2.34. The first kappa shape index (κ1) is 14.7. The largest absolute Gasteiger partial charge is 0.496 e. The van der Waals surface area contributed by atoms with Gasteiger partial charge in [0.1, 0.15) is 11.5 Å². The highest BCUT2D eigenvalue weighted by Crippen LogP contribution is 2.29. The first-order chi connectivity index (χ1) is 9.67. The minimum Gasteiger partial charge on any atom is -0.496 e. The Morgan fingerprint density at radius 1 is 1.35 bits per heavy atom. The van der Waals surface area contributed by atoms with E-state index in [1.807, 2.05) is 23.1 Å². The van der Waals surface area contributed by atoms with Gasteiger partial charge in [-0.05, 0) is 19.1 Å². The monoisotopic (exact) mass is 278 g/mol. The van der Waals surface area contributed by atoms with Gasteiger partial charge in [-0.15, -0.1) is 0 Å². The molecule has 20 heavy (non-hydrogen) atoms. The van der Waals surface area contributed by atoms with Crippen LogP contribution in [0, 0.1) is 0 Å². The highest BCUT2D eigenvalue weighted by atomic mass is 16.5. The van der Waals surface area contributed by atoms with Crippen molar-refractivity contribution in [2.45, 2.75) is 19.4 Å². The maximum absolute atomic E-state index is 12.5. The number of piperazine rings is 1. The quantitative estimate of drug-likeness (QED) is 0.895. The molecule has 1 fully saturated rings. The normalized spacial score (nSPS) is 18.8. The zero-order chi connectivity index (χ0) is 14.5. The average Bonchev–Trinajstić information content (AvgIpc) is 2.47. The first-order valence-electron chi connectivity index (χ1n) is 6.87. The molecule has 1 aliphatic heterocycles. The summed E-state index contributed by atoms with van der Waals surface area (Å²) < 4.78 is 10.7. The van der Waals surface area contributed by atoms with Crippen LogP contribution in [0.1, 0.15) is 12.5 Å². The predicted octanol–water partition coefficient (Wildman–Crippen LogP) is 1.07. The van der Waals surface area contributed by atoms with Crippen LogP contribution >= 0.6 is 0 Å². The van der Waals surface area contributed by atoms with Crippen molar-refractivity contribution in [2.75, 3.05) is 33.9 Å². The molecule has 0 spiro atoms. The Balaban J connectivity index is 2.18. The Hall–Kier alpha value is -1.75. The van der Waals surface area contributed by atoms with Crippen LogP contribution in [0.4, 0.5) is 0 Å². The summed E-state index contributed by atoms with van der Waals surface area (Å²) in [5, 5.41) is 3.29. The van der Waals surface area contributed by atoms with Crippen molar-refractivity contribution in [3.63, 3.8) is 0 Å². The topological polar surface area (TPSA) is 50.8 Å². The van der Waals surface area contributed by atoms with Crippen molar-refractivity contribution in [1.82, 2.24) is 10.2 Å². The molecule has 1 amide bonds. The number of hydrogen-bond acceptors (Lipinski definition) is 4. The van der Waals surface area contributed by atoms with Crippen LogP contribution in [-0.2, 0) is 11.2 Å². The van der Waals surface area contributed by atoms with Crippen LogP contribution in [-0.4, -0.2) is 50.7 Å². The summed E-state index contributed by atoms with van der Waals surface area (Å²) >= 11 is 0. The number of carbonyl (C=O) groups is 1. The van der Waals surface area contributed by atoms with E-state index in [0.29, 0.717) is 17.9 Å². The zero-order valence-electron chi connectivity index (χ0n) is 12.3. The molecule has 1 N–H and O–H groups in total. The molecule has 1 unspecified atom stereocenters. The van der Waals surface area contributed by atoms with Crippen molar-refractivity contribution in [1.29, 1.82) is 0 Å². The molecule has 1 aliphatic rings. The highest BCUT2D eigenvalue weighted by molar-refractivity contribution is 5.81. The van der Waals surface area contributed by atoms with Crippen molar-refractivity contribution in [3.8, 4) is 11.5 Å². The second kappa shape index (κ2) is 6.61. The maximum Gasteiger partial charge on any atom is 0.227 e. The lowest BCUT2D eigenvalue weighted by atomic mass is 10.1. The van der Waals surface area contributed by atoms with Gasteiger partial charge in [-0.2, -0.15) is 0 Å². The third-order valence-electron chi connectivity index (χ3n) is 3.68. The Morgan fingerprint density at radius 3 is 2.55 bits per heavy atom. The fraction of sp³-hybridized carbons (Fsp3) is 0.533. The van der Waals surface area contributed by atoms with Crippen LogP contribution in [0.15, 0.2) is 18.2 Å². The number of nitrogens with one attached hydrogen (secondary N) is 1. The molecule has 5 nitrogen and oxygen atoms in total. The summed E-state index contributed by atoms with van der Waals surface area (Å²) in [6, 6.07) is 5.79. The van der Waals surface area contributed by atoms with Crippen LogP contribution in [0.25, 0.3) is 0 Å². The first-order valence-corrected chi connectivity index (χ1v) is 6.87. The summed E-state index contributed by atoms with van der Waals surface area (Å²) in [4.78, 5) is 14.4. The standard InChI is InChI=1S/C15H22N2O3/c1-11-10-16-7-8-17(11)15(18)9-12-13(19-2)5-4-6-14(12)20-3/h4-6,11,16H,7-10H2,1-3H3. The molecule has 0 aromatic heterocycles. The van der Waals surface area contributed by atoms with E-state index in [1.165, 1.54) is 0 Å². The lowest BCUT2D eigenvalue weighted by Crippen LogP contribution is -2.52. The Bertz CT molecular complexity index is 454. The molecule has 1 atom stereocenters. The molecule has 0 saturated carbocycles. The third kappa shape index (κ3) is 3.04. The van der Waals surface area contributed by atoms with Crippen LogP contribution in [0.3, 0.4) is 0 Å². The number of carbonyl (C=O) groups excluding carboxylic acids is 1. The lowest BCUT2D eigenvalue weighted by molar-refractivity contribution is -0.133. The van der Waals surface area contributed by atoms with Crippen molar-refractivity contribution in [3.05, 3.63) is 23.8 Å². The Kier molecular flexibility index (Phi) is 4.84. The van der Waals surface area contributed by atoms with Crippen LogP contribution < -0.4 is 14.8 Å². The van der Waals surface area contributed by atoms with Gasteiger partial charge in [0.15, 0.2) is 0 Å². The van der Waals surface area contributed by atoms with E-state index in [9.17, 15) is 4.79 Å². The Morgan fingerprint density at radius 2 is 2.00 bits per heavy atom. The summed E-state index contributed by atoms with van der Waals surface area (Å²) in [6.07, 6.45) is 0.303. The molecule has 2 rings (SSSR count). The molecule has 5 heteroatoms. The molecule has 1 aromatic rings. The van der Waals surface area contributed by atoms with Gasteiger partial charge in [-0.3, -0.25) is 4.79 Å². The highest BCUT2D eigenvalue weighted by Gasteiger charge is 2.24. The summed E-state index contributed by atoms with van der Waals surface area (Å²) in [5.41, 5.74) is 0.813. The molecule has 0 radical (unpaired) electrons. The van der Waals surface area contributed by atoms with E-state index < -0.39 is 0 Å². The second-order valence-corrected chi connectivity index (χ2v) is 4.96. The van der Waals surface area contributed by atoms with E-state index in [-0.39, 0.29) is 11.9 Å². The Labute approximate surface area is 119 Å². The van der Waals surface area contributed by atoms with Crippen molar-refractivity contribution in [2.24, 2.45) is 0 Å². The number of hydrogen-bond donors (Lipinski definition) is 1. The summed E-state index contributed by atoms with van der Waals surface area (Å²) in [7, 11) is 3.21. The molecular weight excluding hydrogens is 256 g/mol. The van der Waals surface area contributed by atoms with Gasteiger partial charge >= 0.3 is 0 Å². The fourth-order valence-corrected chi connectivity index (χ4v) is 2.57. The summed E-state index contributed by atoms with van der Waals surface area (Å²) in [6.45, 7) is 4.49. The number of ether oxygens (including phenoxy) is 2. The minimum atomic E-state index is 0.113. The molecule has 110 valence electrons. The van der Waals surface area contributed by atoms with Crippen LogP contribution in [0.5, 0.6) is 11.5 Å². The SMILES string of the molecule is COc1cccc(OC)c1CC(=O)N1CCNCC1C.